The highest BCUT2D eigenvalue weighted by Gasteiger charge is 2.20. The number of aromatic nitrogens is 1. The normalized spacial score (nSPS) is 12.3. The number of carbonyl (C=O) groups excluding carboxylic acids is 1. The lowest BCUT2D eigenvalue weighted by atomic mass is 10.0. The second kappa shape index (κ2) is 7.45. The van der Waals surface area contributed by atoms with E-state index in [2.05, 4.69) is 0 Å². The molecule has 0 saturated carbocycles. The van der Waals surface area contributed by atoms with E-state index in [0.717, 1.165) is 5.56 Å². The molecule has 0 aliphatic rings. The van der Waals surface area contributed by atoms with E-state index in [1.54, 1.807) is 48.5 Å². The lowest BCUT2D eigenvalue weighted by Gasteiger charge is -2.09. The van der Waals surface area contributed by atoms with Crippen LogP contribution in [0.15, 0.2) is 71.3 Å². The van der Waals surface area contributed by atoms with Gasteiger partial charge in [0.25, 0.3) is 10.0 Å². The molecule has 1 heterocycles. The van der Waals surface area contributed by atoms with Gasteiger partial charge in [-0.25, -0.2) is 12.4 Å². The minimum absolute atomic E-state index is 0.0492. The van der Waals surface area contributed by atoms with Gasteiger partial charge in [-0.05, 0) is 37.1 Å². The van der Waals surface area contributed by atoms with Crippen molar-refractivity contribution in [2.75, 3.05) is 0 Å². The van der Waals surface area contributed by atoms with Crippen molar-refractivity contribution in [1.29, 1.82) is 5.26 Å². The molecule has 0 fully saturated rings. The van der Waals surface area contributed by atoms with E-state index in [4.69, 9.17) is 0 Å². The third-order valence-corrected chi connectivity index (χ3v) is 6.07. The highest BCUT2D eigenvalue weighted by atomic mass is 32.2. The fourth-order valence-electron chi connectivity index (χ4n) is 2.93. The number of hydrogen-bond acceptors (Lipinski definition) is 4. The standard InChI is InChI=1S/C22H20N2O3S/c1-15(2)12-19(14-23)22(25)18-7-6-17-10-11-24(21(17)13-18)28(26,27)20-8-4-16(3)5-9-20/h4-13,15H,1-3H3. The number of nitrogens with zero attached hydrogens (tertiary/aromatic N) is 2. The summed E-state index contributed by atoms with van der Waals surface area (Å²) in [4.78, 5) is 12.9. The van der Waals surface area contributed by atoms with Crippen molar-refractivity contribution in [1.82, 2.24) is 3.97 Å². The average Bonchev–Trinajstić information content (AvgIpc) is 3.09. The fourth-order valence-corrected chi connectivity index (χ4v) is 4.28. The monoisotopic (exact) mass is 392 g/mol. The van der Waals surface area contributed by atoms with Crippen molar-refractivity contribution >= 4 is 26.7 Å². The van der Waals surface area contributed by atoms with Crippen molar-refractivity contribution in [3.8, 4) is 6.07 Å². The van der Waals surface area contributed by atoms with Crippen LogP contribution >= 0.6 is 0 Å². The SMILES string of the molecule is Cc1ccc(S(=O)(=O)n2ccc3ccc(C(=O)C(C#N)=CC(C)C)cc32)cc1. The van der Waals surface area contributed by atoms with E-state index in [9.17, 15) is 18.5 Å². The molecule has 0 aliphatic heterocycles. The number of ketones is 1. The molecule has 2 aromatic carbocycles. The third-order valence-electron chi connectivity index (χ3n) is 4.36. The molecule has 5 nitrogen and oxygen atoms in total. The molecule has 0 spiro atoms. The van der Waals surface area contributed by atoms with Gasteiger partial charge in [0, 0.05) is 17.1 Å². The van der Waals surface area contributed by atoms with Crippen molar-refractivity contribution in [2.24, 2.45) is 5.92 Å². The van der Waals surface area contributed by atoms with Crippen LogP contribution in [-0.2, 0) is 10.0 Å². The maximum absolute atomic E-state index is 13.1. The Morgan fingerprint density at radius 1 is 1.11 bits per heavy atom. The topological polar surface area (TPSA) is 79.9 Å². The predicted molar refractivity (Wildman–Crippen MR) is 109 cm³/mol. The summed E-state index contributed by atoms with van der Waals surface area (Å²) in [6, 6.07) is 15.0. The summed E-state index contributed by atoms with van der Waals surface area (Å²) < 4.78 is 27.3. The summed E-state index contributed by atoms with van der Waals surface area (Å²) in [5, 5.41) is 9.99. The summed E-state index contributed by atoms with van der Waals surface area (Å²) in [7, 11) is -3.80. The Hall–Kier alpha value is -3.17. The summed E-state index contributed by atoms with van der Waals surface area (Å²) >= 11 is 0. The minimum Gasteiger partial charge on any atom is -0.288 e. The maximum atomic E-state index is 13.1. The number of Topliss-reactive ketones (excluding diaryl/α,β-unsaturated/α-hetero) is 1. The largest absolute Gasteiger partial charge is 0.288 e. The molecule has 0 aliphatic carbocycles. The van der Waals surface area contributed by atoms with Crippen LogP contribution in [-0.4, -0.2) is 18.2 Å². The zero-order valence-electron chi connectivity index (χ0n) is 15.9. The van der Waals surface area contributed by atoms with Crippen LogP contribution in [0.2, 0.25) is 0 Å². The molecule has 1 aromatic heterocycles. The number of rotatable bonds is 5. The summed E-state index contributed by atoms with van der Waals surface area (Å²) in [6.07, 6.45) is 3.08. The first-order valence-corrected chi connectivity index (χ1v) is 10.3. The number of benzene rings is 2. The Morgan fingerprint density at radius 3 is 2.39 bits per heavy atom. The van der Waals surface area contributed by atoms with Crippen LogP contribution in [0.25, 0.3) is 10.9 Å². The molecule has 3 aromatic rings. The van der Waals surface area contributed by atoms with Gasteiger partial charge < -0.3 is 0 Å². The Kier molecular flexibility index (Phi) is 5.21. The number of nitriles is 1. The molecule has 28 heavy (non-hydrogen) atoms. The van der Waals surface area contributed by atoms with Gasteiger partial charge in [-0.15, -0.1) is 0 Å². The number of carbonyl (C=O) groups is 1. The maximum Gasteiger partial charge on any atom is 0.268 e. The molecular formula is C22H20N2O3S. The second-order valence-electron chi connectivity index (χ2n) is 6.97. The van der Waals surface area contributed by atoms with E-state index in [0.29, 0.717) is 10.9 Å². The van der Waals surface area contributed by atoms with Crippen LogP contribution in [0, 0.1) is 24.2 Å². The lowest BCUT2D eigenvalue weighted by molar-refractivity contribution is 0.103. The van der Waals surface area contributed by atoms with Crippen molar-refractivity contribution in [3.63, 3.8) is 0 Å². The molecule has 142 valence electrons. The summed E-state index contributed by atoms with van der Waals surface area (Å²) in [5.74, 6) is -0.369. The molecular weight excluding hydrogens is 372 g/mol. The molecule has 0 saturated heterocycles. The molecule has 3 rings (SSSR count). The quantitative estimate of drug-likeness (QED) is 0.364. The fraction of sp³-hybridized carbons (Fsp3) is 0.182. The number of allylic oxidation sites excluding steroid dienone is 2. The van der Waals surface area contributed by atoms with Gasteiger partial charge in [0.05, 0.1) is 16.0 Å². The molecule has 0 amide bonds. The lowest BCUT2D eigenvalue weighted by Crippen LogP contribution is -2.12. The van der Waals surface area contributed by atoms with Gasteiger partial charge in [-0.3, -0.25) is 4.79 Å². The van der Waals surface area contributed by atoms with Gasteiger partial charge in [0.2, 0.25) is 5.78 Å². The Labute approximate surface area is 164 Å². The Bertz CT molecular complexity index is 1230. The van der Waals surface area contributed by atoms with E-state index in [-0.39, 0.29) is 21.9 Å². The van der Waals surface area contributed by atoms with Crippen molar-refractivity contribution < 1.29 is 13.2 Å². The van der Waals surface area contributed by atoms with Gasteiger partial charge in [0.15, 0.2) is 0 Å². The minimum atomic E-state index is -3.80. The first-order valence-electron chi connectivity index (χ1n) is 8.84. The van der Waals surface area contributed by atoms with E-state index in [1.807, 2.05) is 26.8 Å². The Morgan fingerprint density at radius 2 is 1.79 bits per heavy atom. The molecule has 0 atom stereocenters. The zero-order chi connectivity index (χ0) is 20.5. The van der Waals surface area contributed by atoms with Crippen LogP contribution in [0.5, 0.6) is 0 Å². The van der Waals surface area contributed by atoms with E-state index in [1.165, 1.54) is 16.2 Å². The van der Waals surface area contributed by atoms with Gasteiger partial charge in [-0.2, -0.15) is 5.26 Å². The van der Waals surface area contributed by atoms with E-state index < -0.39 is 15.8 Å². The van der Waals surface area contributed by atoms with Crippen molar-refractivity contribution in [2.45, 2.75) is 25.7 Å². The molecule has 0 radical (unpaired) electrons. The average molecular weight is 392 g/mol. The predicted octanol–water partition coefficient (Wildman–Crippen LogP) is 4.48. The summed E-state index contributed by atoms with van der Waals surface area (Å²) in [6.45, 7) is 5.65. The second-order valence-corrected chi connectivity index (χ2v) is 8.78. The molecule has 0 bridgehead atoms. The zero-order valence-corrected chi connectivity index (χ0v) is 16.7. The highest BCUT2D eigenvalue weighted by molar-refractivity contribution is 7.90. The number of aryl methyl sites for hydroxylation is 1. The van der Waals surface area contributed by atoms with Crippen LogP contribution in [0.3, 0.4) is 0 Å². The smallest absolute Gasteiger partial charge is 0.268 e. The van der Waals surface area contributed by atoms with Crippen LogP contribution in [0.4, 0.5) is 0 Å². The van der Waals surface area contributed by atoms with Gasteiger partial charge >= 0.3 is 0 Å². The molecule has 6 heteroatoms. The van der Waals surface area contributed by atoms with Gasteiger partial charge in [0.1, 0.15) is 6.07 Å². The molecule has 0 N–H and O–H groups in total. The van der Waals surface area contributed by atoms with Crippen molar-refractivity contribution in [3.05, 3.63) is 77.5 Å². The Balaban J connectivity index is 2.12. The highest BCUT2D eigenvalue weighted by Crippen LogP contribution is 2.24. The number of fused-ring (bicyclic) bond motifs is 1. The van der Waals surface area contributed by atoms with Crippen LogP contribution in [0.1, 0.15) is 29.8 Å². The van der Waals surface area contributed by atoms with E-state index >= 15 is 0 Å². The third kappa shape index (κ3) is 3.62. The van der Waals surface area contributed by atoms with Crippen LogP contribution < -0.4 is 0 Å². The first-order chi connectivity index (χ1) is 13.2. The van der Waals surface area contributed by atoms with Gasteiger partial charge in [-0.1, -0.05) is 49.8 Å². The summed E-state index contributed by atoms with van der Waals surface area (Å²) in [5.41, 5.74) is 1.69. The number of hydrogen-bond donors (Lipinski definition) is 0. The molecule has 0 unspecified atom stereocenters. The first kappa shape index (κ1) is 19.6.